The lowest BCUT2D eigenvalue weighted by Gasteiger charge is -2.23. The van der Waals surface area contributed by atoms with E-state index in [4.69, 9.17) is 12.2 Å². The molecule has 1 aliphatic rings. The first-order valence-corrected chi connectivity index (χ1v) is 9.38. The number of amides is 1. The van der Waals surface area contributed by atoms with E-state index in [0.717, 1.165) is 16.7 Å². The maximum Gasteiger partial charge on any atom is 0.337 e. The highest BCUT2D eigenvalue weighted by atomic mass is 32.2. The minimum absolute atomic E-state index is 0.179. The van der Waals surface area contributed by atoms with Gasteiger partial charge in [0.25, 0.3) is 5.91 Å². The molecular weight excluding hydrogens is 398 g/mol. The third-order valence-electron chi connectivity index (χ3n) is 4.06. The van der Waals surface area contributed by atoms with E-state index >= 15 is 0 Å². The van der Waals surface area contributed by atoms with E-state index in [0.29, 0.717) is 21.6 Å². The average Bonchev–Trinajstić information content (AvgIpc) is 2.96. The SMILES string of the molecule is COC(=O)c1ccc(/C=C2\SC(=S)N(C(C(=O)O)c3ccccc3)C2=O)cc1. The van der Waals surface area contributed by atoms with Crippen molar-refractivity contribution in [2.45, 2.75) is 6.04 Å². The minimum atomic E-state index is -1.19. The normalized spacial score (nSPS) is 16.3. The lowest BCUT2D eigenvalue weighted by atomic mass is 10.1. The summed E-state index contributed by atoms with van der Waals surface area (Å²) in [4.78, 5) is 37.7. The molecule has 1 heterocycles. The van der Waals surface area contributed by atoms with E-state index in [9.17, 15) is 19.5 Å². The number of esters is 1. The van der Waals surface area contributed by atoms with Gasteiger partial charge in [-0.15, -0.1) is 0 Å². The Hall–Kier alpha value is -2.97. The predicted octanol–water partition coefficient (Wildman–Crippen LogP) is 3.50. The second-order valence-electron chi connectivity index (χ2n) is 5.82. The molecule has 2 aromatic rings. The molecule has 1 unspecified atom stereocenters. The molecule has 142 valence electrons. The van der Waals surface area contributed by atoms with Crippen LogP contribution in [0.5, 0.6) is 0 Å². The summed E-state index contributed by atoms with van der Waals surface area (Å²) in [6.45, 7) is 0. The Kier molecular flexibility index (Phi) is 5.91. The van der Waals surface area contributed by atoms with Gasteiger partial charge in [-0.3, -0.25) is 9.69 Å². The van der Waals surface area contributed by atoms with Crippen LogP contribution in [0, 0.1) is 0 Å². The number of carboxylic acid groups (broad SMARTS) is 1. The van der Waals surface area contributed by atoms with Crippen molar-refractivity contribution in [1.82, 2.24) is 4.90 Å². The zero-order valence-electron chi connectivity index (χ0n) is 14.7. The summed E-state index contributed by atoms with van der Waals surface area (Å²) in [5, 5.41) is 9.68. The summed E-state index contributed by atoms with van der Waals surface area (Å²) in [7, 11) is 1.30. The molecule has 1 saturated heterocycles. The second kappa shape index (κ2) is 8.37. The molecule has 1 amide bonds. The van der Waals surface area contributed by atoms with Crippen molar-refractivity contribution in [3.8, 4) is 0 Å². The highest BCUT2D eigenvalue weighted by Gasteiger charge is 2.41. The third-order valence-corrected chi connectivity index (χ3v) is 5.39. The molecule has 8 heteroatoms. The Morgan fingerprint density at radius 2 is 1.79 bits per heavy atom. The smallest absolute Gasteiger partial charge is 0.337 e. The van der Waals surface area contributed by atoms with Crippen LogP contribution in [0.15, 0.2) is 59.5 Å². The quantitative estimate of drug-likeness (QED) is 0.456. The number of nitrogens with zero attached hydrogens (tertiary/aromatic N) is 1. The molecule has 1 aliphatic heterocycles. The van der Waals surface area contributed by atoms with Crippen LogP contribution in [0.1, 0.15) is 27.5 Å². The Balaban J connectivity index is 1.89. The Morgan fingerprint density at radius 1 is 1.14 bits per heavy atom. The Morgan fingerprint density at radius 3 is 2.36 bits per heavy atom. The largest absolute Gasteiger partial charge is 0.479 e. The molecule has 28 heavy (non-hydrogen) atoms. The number of rotatable bonds is 5. The van der Waals surface area contributed by atoms with E-state index in [2.05, 4.69) is 4.74 Å². The summed E-state index contributed by atoms with van der Waals surface area (Å²) in [6.07, 6.45) is 1.62. The number of carbonyl (C=O) groups excluding carboxylic acids is 2. The van der Waals surface area contributed by atoms with Crippen LogP contribution >= 0.6 is 24.0 Å². The highest BCUT2D eigenvalue weighted by Crippen LogP contribution is 2.38. The molecule has 6 nitrogen and oxygen atoms in total. The first-order valence-electron chi connectivity index (χ1n) is 8.15. The van der Waals surface area contributed by atoms with Gasteiger partial charge < -0.3 is 9.84 Å². The fourth-order valence-corrected chi connectivity index (χ4v) is 4.04. The summed E-state index contributed by atoms with van der Waals surface area (Å²) in [5.41, 5.74) is 1.54. The number of methoxy groups -OCH3 is 1. The number of benzene rings is 2. The lowest BCUT2D eigenvalue weighted by Crippen LogP contribution is -2.37. The molecule has 3 rings (SSSR count). The van der Waals surface area contributed by atoms with Gasteiger partial charge in [0.05, 0.1) is 17.6 Å². The van der Waals surface area contributed by atoms with Gasteiger partial charge in [-0.2, -0.15) is 0 Å². The van der Waals surface area contributed by atoms with Crippen molar-refractivity contribution in [2.24, 2.45) is 0 Å². The molecule has 1 atom stereocenters. The molecule has 1 N–H and O–H groups in total. The van der Waals surface area contributed by atoms with Gasteiger partial charge in [-0.1, -0.05) is 66.4 Å². The average molecular weight is 413 g/mol. The minimum Gasteiger partial charge on any atom is -0.479 e. The number of hydrogen-bond donors (Lipinski definition) is 1. The van der Waals surface area contributed by atoms with Crippen molar-refractivity contribution in [3.05, 3.63) is 76.2 Å². The zero-order chi connectivity index (χ0) is 20.3. The number of carboxylic acids is 1. The Bertz CT molecular complexity index is 970. The Labute approximate surface area is 170 Å². The molecule has 0 saturated carbocycles. The number of thiocarbonyl (C=S) groups is 1. The molecule has 1 fully saturated rings. The molecule has 0 spiro atoms. The summed E-state index contributed by atoms with van der Waals surface area (Å²) < 4.78 is 4.83. The van der Waals surface area contributed by atoms with E-state index in [1.54, 1.807) is 60.7 Å². The molecule has 2 aromatic carbocycles. The van der Waals surface area contributed by atoms with Crippen molar-refractivity contribution in [1.29, 1.82) is 0 Å². The van der Waals surface area contributed by atoms with Crippen LogP contribution in [0.2, 0.25) is 0 Å². The summed E-state index contributed by atoms with van der Waals surface area (Å²) in [6, 6.07) is 13.8. The van der Waals surface area contributed by atoms with E-state index in [1.807, 2.05) is 0 Å². The van der Waals surface area contributed by atoms with Crippen LogP contribution in [-0.2, 0) is 14.3 Å². The van der Waals surface area contributed by atoms with Crippen LogP contribution < -0.4 is 0 Å². The molecule has 0 aromatic heterocycles. The number of aliphatic carboxylic acids is 1. The molecule has 0 radical (unpaired) electrons. The molecular formula is C20H15NO5S2. The van der Waals surface area contributed by atoms with Gasteiger partial charge in [-0.05, 0) is 29.3 Å². The monoisotopic (exact) mass is 413 g/mol. The first kappa shape index (κ1) is 19.8. The number of hydrogen-bond acceptors (Lipinski definition) is 6. The highest BCUT2D eigenvalue weighted by molar-refractivity contribution is 8.26. The van der Waals surface area contributed by atoms with Gasteiger partial charge >= 0.3 is 11.9 Å². The van der Waals surface area contributed by atoms with Gasteiger partial charge in [0, 0.05) is 0 Å². The standard InChI is InChI=1S/C20H15NO5S2/c1-26-19(25)14-9-7-12(8-10-14)11-15-17(22)21(20(27)28-15)16(18(23)24)13-5-3-2-4-6-13/h2-11,16H,1H3,(H,23,24)/b15-11-. The summed E-state index contributed by atoms with van der Waals surface area (Å²) >= 11 is 6.33. The first-order chi connectivity index (χ1) is 13.4. The number of carbonyl (C=O) groups is 3. The fraction of sp³-hybridized carbons (Fsp3) is 0.100. The van der Waals surface area contributed by atoms with Crippen molar-refractivity contribution in [2.75, 3.05) is 7.11 Å². The van der Waals surface area contributed by atoms with Crippen LogP contribution in [0.3, 0.4) is 0 Å². The topological polar surface area (TPSA) is 83.9 Å². The maximum atomic E-state index is 12.9. The van der Waals surface area contributed by atoms with Crippen molar-refractivity contribution < 1.29 is 24.2 Å². The maximum absolute atomic E-state index is 12.9. The summed E-state index contributed by atoms with van der Waals surface area (Å²) in [5.74, 6) is -2.08. The number of thioether (sulfide) groups is 1. The van der Waals surface area contributed by atoms with Crippen molar-refractivity contribution >= 4 is 52.2 Å². The van der Waals surface area contributed by atoms with Gasteiger partial charge in [-0.25, -0.2) is 9.59 Å². The second-order valence-corrected chi connectivity index (χ2v) is 7.49. The molecule has 0 bridgehead atoms. The fourth-order valence-electron chi connectivity index (χ4n) is 2.72. The van der Waals surface area contributed by atoms with E-state index < -0.39 is 23.9 Å². The van der Waals surface area contributed by atoms with E-state index in [-0.39, 0.29) is 4.32 Å². The van der Waals surface area contributed by atoms with Crippen LogP contribution in [0.25, 0.3) is 6.08 Å². The van der Waals surface area contributed by atoms with Gasteiger partial charge in [0.15, 0.2) is 6.04 Å². The zero-order valence-corrected chi connectivity index (χ0v) is 16.3. The molecule has 0 aliphatic carbocycles. The predicted molar refractivity (Wildman–Crippen MR) is 110 cm³/mol. The lowest BCUT2D eigenvalue weighted by molar-refractivity contribution is -0.145. The van der Waals surface area contributed by atoms with Gasteiger partial charge in [0.1, 0.15) is 4.32 Å². The van der Waals surface area contributed by atoms with E-state index in [1.165, 1.54) is 7.11 Å². The number of ether oxygens (including phenoxy) is 1. The van der Waals surface area contributed by atoms with Crippen molar-refractivity contribution in [3.63, 3.8) is 0 Å². The van der Waals surface area contributed by atoms with Gasteiger partial charge in [0.2, 0.25) is 0 Å². The van der Waals surface area contributed by atoms with Crippen LogP contribution in [-0.4, -0.2) is 39.3 Å². The van der Waals surface area contributed by atoms with Crippen LogP contribution in [0.4, 0.5) is 0 Å². The third kappa shape index (κ3) is 3.97.